The number of hydrogen-bond acceptors (Lipinski definition) is 2. The summed E-state index contributed by atoms with van der Waals surface area (Å²) in [5.74, 6) is 0. The third kappa shape index (κ3) is 8.26. The van der Waals surface area contributed by atoms with Crippen molar-refractivity contribution < 1.29 is 0 Å². The van der Waals surface area contributed by atoms with Gasteiger partial charge in [-0.15, -0.1) is 0 Å². The molecule has 0 amide bonds. The van der Waals surface area contributed by atoms with Crippen molar-refractivity contribution in [3.8, 4) is 73.7 Å². The Kier molecular flexibility index (Phi) is 12.4. The van der Waals surface area contributed by atoms with Crippen LogP contribution in [0.1, 0.15) is 5.56 Å². The minimum absolute atomic E-state index is 0.590. The van der Waals surface area contributed by atoms with Gasteiger partial charge in [0.2, 0.25) is 0 Å². The van der Waals surface area contributed by atoms with Crippen LogP contribution in [0.15, 0.2) is 352 Å². The third-order valence-electron chi connectivity index (χ3n) is 21.9. The number of nitrogens with zero attached hydrogens (tertiary/aromatic N) is 8. The molecular weight excluding hydrogens is 1270 g/mol. The minimum Gasteiger partial charge on any atom is -0.309 e. The number of aromatic nitrogens is 7. The summed E-state index contributed by atoms with van der Waals surface area (Å²) in [6.45, 7) is 0. The summed E-state index contributed by atoms with van der Waals surface area (Å²) in [6, 6.07) is 128. The van der Waals surface area contributed by atoms with Crippen molar-refractivity contribution in [2.75, 3.05) is 0 Å². The highest BCUT2D eigenvalue weighted by molar-refractivity contribution is 6.23. The molecule has 0 aliphatic carbocycles. The van der Waals surface area contributed by atoms with Gasteiger partial charge in [-0.1, -0.05) is 206 Å². The predicted molar refractivity (Wildman–Crippen MR) is 431 cm³/mol. The van der Waals surface area contributed by atoms with E-state index in [1.54, 1.807) is 0 Å². The van der Waals surface area contributed by atoms with E-state index in [2.05, 4.69) is 361 Å². The molecule has 15 aromatic carbocycles. The van der Waals surface area contributed by atoms with Crippen LogP contribution in [0.2, 0.25) is 0 Å². The van der Waals surface area contributed by atoms with Gasteiger partial charge in [0.05, 0.1) is 106 Å². The zero-order valence-corrected chi connectivity index (χ0v) is 56.1. The van der Waals surface area contributed by atoms with Gasteiger partial charge in [0.25, 0.3) is 0 Å². The molecule has 0 saturated heterocycles. The maximum Gasteiger partial charge on any atom is 0.0991 e. The fourth-order valence-corrected chi connectivity index (χ4v) is 17.6. The summed E-state index contributed by atoms with van der Waals surface area (Å²) in [7, 11) is 0. The second-order valence-corrected chi connectivity index (χ2v) is 27.2. The molecule has 0 spiro atoms. The Bertz CT molecular complexity index is 6870. The van der Waals surface area contributed by atoms with E-state index in [9.17, 15) is 5.26 Å². The average molecular weight is 1320 g/mol. The number of rotatable bonds is 9. The van der Waals surface area contributed by atoms with Crippen LogP contribution in [0.5, 0.6) is 0 Å². The molecule has 482 valence electrons. The number of hydrogen-bond donors (Lipinski definition) is 0. The predicted octanol–water partition coefficient (Wildman–Crippen LogP) is 24.5. The molecule has 22 rings (SSSR count). The zero-order chi connectivity index (χ0) is 68.3. The largest absolute Gasteiger partial charge is 0.309 e. The maximum absolute atomic E-state index is 10.4. The van der Waals surface area contributed by atoms with E-state index in [0.29, 0.717) is 5.56 Å². The normalized spacial score (nSPS) is 12.0. The van der Waals surface area contributed by atoms with E-state index in [1.165, 1.54) is 43.1 Å². The van der Waals surface area contributed by atoms with Crippen molar-refractivity contribution in [1.82, 2.24) is 32.4 Å². The summed E-state index contributed by atoms with van der Waals surface area (Å²) in [5.41, 5.74) is 26.4. The first-order valence-electron chi connectivity index (χ1n) is 35.4. The topological polar surface area (TPSA) is 66.3 Å². The smallest absolute Gasteiger partial charge is 0.0991 e. The Morgan fingerprint density at radius 2 is 0.500 bits per heavy atom. The average Bonchev–Trinajstić information content (AvgIpc) is 1.55. The Hall–Kier alpha value is -14.3. The number of para-hydroxylation sites is 8. The van der Waals surface area contributed by atoms with E-state index >= 15 is 0 Å². The van der Waals surface area contributed by atoms with Gasteiger partial charge in [-0.2, -0.15) is 5.26 Å². The standard InChI is InChI=1S/C96H58N8/c97-58-60-22-17-23-63(56-60)74-57-76(62-50-54-65(55-51-62)100-87-42-20-46-91(103-81-36-13-5-28-70(81)71-29-6-14-37-82(71)103)95(87)96-88(100)43-21-47-92(96)104-83-38-15-7-30-72(83)73-31-8-16-39-84(73)104)98-59-75(74)61-48-52-64(53-49-61)99-85-40-18-44-89(101-77-32-9-1-24-66(77)67-25-2-10-33-78(67)101)93(85)94-86(99)41-19-45-90(94)102-79-34-11-3-26-68(79)69-27-4-12-35-80(69)102/h1-57,59H. The molecule has 0 atom stereocenters. The number of benzene rings is 15. The van der Waals surface area contributed by atoms with Crippen LogP contribution >= 0.6 is 0 Å². The first-order chi connectivity index (χ1) is 51.6. The Morgan fingerprint density at radius 3 is 0.808 bits per heavy atom. The Balaban J connectivity index is 0.703. The first-order valence-corrected chi connectivity index (χ1v) is 35.4. The van der Waals surface area contributed by atoms with Crippen LogP contribution in [0.3, 0.4) is 0 Å². The van der Waals surface area contributed by atoms with Gasteiger partial charge in [0.1, 0.15) is 0 Å². The van der Waals surface area contributed by atoms with Crippen LogP contribution in [0.4, 0.5) is 0 Å². The quantitative estimate of drug-likeness (QED) is 0.145. The van der Waals surface area contributed by atoms with Crippen molar-refractivity contribution in [3.05, 3.63) is 358 Å². The van der Waals surface area contributed by atoms with Crippen LogP contribution in [-0.2, 0) is 0 Å². The minimum atomic E-state index is 0.590. The lowest BCUT2D eigenvalue weighted by molar-refractivity contribution is 1.16. The molecule has 0 bridgehead atoms. The SMILES string of the molecule is N#Cc1cccc(-c2cc(-c3ccc(-n4c5cccc(-n6c7ccccc7c7ccccc76)c5c5c(-n6c7ccccc7c7ccccc76)cccc54)cc3)ncc2-c2ccc(-n3c4cccc(-n5c6ccccc6c6ccccc65)c4c4c(-n5c6ccccc6c6ccccc65)cccc43)cc2)c1. The summed E-state index contributed by atoms with van der Waals surface area (Å²) in [4.78, 5) is 5.35. The molecule has 0 aliphatic heterocycles. The molecule has 7 aromatic heterocycles. The highest BCUT2D eigenvalue weighted by Crippen LogP contribution is 2.48. The molecule has 104 heavy (non-hydrogen) atoms. The first kappa shape index (κ1) is 57.6. The summed E-state index contributed by atoms with van der Waals surface area (Å²) >= 11 is 0. The van der Waals surface area contributed by atoms with Gasteiger partial charge in [-0.25, -0.2) is 0 Å². The van der Waals surface area contributed by atoms with Gasteiger partial charge in [0.15, 0.2) is 0 Å². The van der Waals surface area contributed by atoms with Crippen LogP contribution < -0.4 is 0 Å². The van der Waals surface area contributed by atoms with Crippen LogP contribution in [0.25, 0.3) is 198 Å². The summed E-state index contributed by atoms with van der Waals surface area (Å²) < 4.78 is 14.8. The van der Waals surface area contributed by atoms with E-state index < -0.39 is 0 Å². The molecule has 22 aromatic rings. The monoisotopic (exact) mass is 1320 g/mol. The van der Waals surface area contributed by atoms with Gasteiger partial charge in [-0.05, 0) is 156 Å². The fourth-order valence-electron chi connectivity index (χ4n) is 17.6. The van der Waals surface area contributed by atoms with Crippen molar-refractivity contribution in [3.63, 3.8) is 0 Å². The highest BCUT2D eigenvalue weighted by Gasteiger charge is 2.27. The van der Waals surface area contributed by atoms with Crippen molar-refractivity contribution >= 4 is 131 Å². The summed E-state index contributed by atoms with van der Waals surface area (Å²) in [5, 5.41) is 24.8. The molecule has 0 aliphatic rings. The molecule has 0 unspecified atom stereocenters. The Morgan fingerprint density at radius 1 is 0.221 bits per heavy atom. The zero-order valence-electron chi connectivity index (χ0n) is 56.1. The lowest BCUT2D eigenvalue weighted by atomic mass is 9.93. The lowest BCUT2D eigenvalue weighted by Gasteiger charge is -2.15. The number of fused-ring (bicyclic) bond motifs is 18. The molecule has 0 N–H and O–H groups in total. The van der Waals surface area contributed by atoms with E-state index in [4.69, 9.17) is 4.98 Å². The third-order valence-corrected chi connectivity index (χ3v) is 21.9. The maximum atomic E-state index is 10.4. The molecule has 8 heteroatoms. The van der Waals surface area contributed by atoms with Gasteiger partial charge in [0, 0.05) is 93.3 Å². The fraction of sp³-hybridized carbons (Fsp3) is 0. The van der Waals surface area contributed by atoms with Crippen molar-refractivity contribution in [1.29, 1.82) is 5.26 Å². The van der Waals surface area contributed by atoms with Gasteiger partial charge in [-0.3, -0.25) is 4.98 Å². The van der Waals surface area contributed by atoms with Crippen molar-refractivity contribution in [2.45, 2.75) is 0 Å². The Labute approximate surface area is 596 Å². The van der Waals surface area contributed by atoms with Crippen molar-refractivity contribution in [2.24, 2.45) is 0 Å². The van der Waals surface area contributed by atoms with E-state index in [-0.39, 0.29) is 0 Å². The molecule has 0 saturated carbocycles. The van der Waals surface area contributed by atoms with Crippen LogP contribution in [-0.4, -0.2) is 32.4 Å². The number of pyridine rings is 1. The summed E-state index contributed by atoms with van der Waals surface area (Å²) in [6.07, 6.45) is 2.02. The molecule has 8 nitrogen and oxygen atoms in total. The highest BCUT2D eigenvalue weighted by atomic mass is 15.1. The number of nitriles is 1. The molecular formula is C96H58N8. The van der Waals surface area contributed by atoms with E-state index in [0.717, 1.165) is 155 Å². The second-order valence-electron chi connectivity index (χ2n) is 27.2. The molecule has 7 heterocycles. The second kappa shape index (κ2) is 22.4. The van der Waals surface area contributed by atoms with Gasteiger partial charge >= 0.3 is 0 Å². The van der Waals surface area contributed by atoms with Crippen LogP contribution in [0, 0.1) is 11.3 Å². The molecule has 0 radical (unpaired) electrons. The van der Waals surface area contributed by atoms with E-state index in [1.807, 2.05) is 24.4 Å². The molecule has 0 fully saturated rings. The van der Waals surface area contributed by atoms with Gasteiger partial charge < -0.3 is 27.4 Å². The lowest BCUT2D eigenvalue weighted by Crippen LogP contribution is -1.97.